The van der Waals surface area contributed by atoms with E-state index >= 15 is 0 Å². The molecule has 0 bridgehead atoms. The molecular formula is C17H16O4. The molecule has 4 heteroatoms. The highest BCUT2D eigenvalue weighted by molar-refractivity contribution is 5.76. The van der Waals surface area contributed by atoms with Gasteiger partial charge >= 0.3 is 5.97 Å². The van der Waals surface area contributed by atoms with Crippen LogP contribution in [0.25, 0.3) is 0 Å². The van der Waals surface area contributed by atoms with E-state index in [0.717, 1.165) is 11.1 Å². The minimum absolute atomic E-state index is 0.428. The fraction of sp³-hybridized carbons (Fsp3) is 0.235. The lowest BCUT2D eigenvalue weighted by molar-refractivity contribution is -0.154. The second kappa shape index (κ2) is 6.08. The molecule has 1 aliphatic rings. The van der Waals surface area contributed by atoms with Crippen LogP contribution in [0.4, 0.5) is 0 Å². The first kappa shape index (κ1) is 13.8. The quantitative estimate of drug-likeness (QED) is 0.813. The Morgan fingerprint density at radius 1 is 0.905 bits per heavy atom. The summed E-state index contributed by atoms with van der Waals surface area (Å²) in [5, 5.41) is 0. The summed E-state index contributed by atoms with van der Waals surface area (Å²) in [4.78, 5) is 11.9. The Hall–Kier alpha value is -2.17. The molecule has 0 aromatic heterocycles. The average molecular weight is 284 g/mol. The number of ether oxygens (including phenoxy) is 3. The van der Waals surface area contributed by atoms with Gasteiger partial charge < -0.3 is 14.2 Å². The van der Waals surface area contributed by atoms with Crippen LogP contribution in [0.5, 0.6) is 0 Å². The largest absolute Gasteiger partial charge is 0.467 e. The van der Waals surface area contributed by atoms with E-state index in [1.54, 1.807) is 0 Å². The zero-order valence-electron chi connectivity index (χ0n) is 11.6. The van der Waals surface area contributed by atoms with E-state index in [2.05, 4.69) is 0 Å². The second-order valence-electron chi connectivity index (χ2n) is 4.79. The van der Waals surface area contributed by atoms with Crippen LogP contribution in [0.1, 0.15) is 23.5 Å². The van der Waals surface area contributed by atoms with Crippen LogP contribution in [-0.2, 0) is 19.0 Å². The van der Waals surface area contributed by atoms with E-state index < -0.39 is 24.5 Å². The molecule has 0 aliphatic carbocycles. The first-order chi connectivity index (χ1) is 10.3. The van der Waals surface area contributed by atoms with Gasteiger partial charge in [-0.1, -0.05) is 60.7 Å². The average Bonchev–Trinajstić information content (AvgIpc) is 3.01. The lowest BCUT2D eigenvalue weighted by Crippen LogP contribution is -2.27. The topological polar surface area (TPSA) is 44.8 Å². The highest BCUT2D eigenvalue weighted by Crippen LogP contribution is 2.40. The normalized spacial score (nSPS) is 24.7. The molecule has 1 saturated heterocycles. The van der Waals surface area contributed by atoms with E-state index in [9.17, 15) is 4.79 Å². The van der Waals surface area contributed by atoms with Crippen LogP contribution in [0, 0.1) is 0 Å². The van der Waals surface area contributed by atoms with Crippen LogP contribution in [0.15, 0.2) is 60.7 Å². The van der Waals surface area contributed by atoms with E-state index in [4.69, 9.17) is 14.2 Å². The van der Waals surface area contributed by atoms with Crippen LogP contribution >= 0.6 is 0 Å². The number of hydrogen-bond donors (Lipinski definition) is 0. The van der Waals surface area contributed by atoms with Crippen molar-refractivity contribution in [1.29, 1.82) is 0 Å². The third-order valence-corrected chi connectivity index (χ3v) is 3.45. The molecule has 21 heavy (non-hydrogen) atoms. The molecular weight excluding hydrogens is 268 g/mol. The molecule has 3 atom stereocenters. The number of benzene rings is 2. The lowest BCUT2D eigenvalue weighted by Gasteiger charge is -2.14. The van der Waals surface area contributed by atoms with Crippen LogP contribution in [0.3, 0.4) is 0 Å². The number of methoxy groups -OCH3 is 1. The van der Waals surface area contributed by atoms with Gasteiger partial charge in [-0.3, -0.25) is 0 Å². The summed E-state index contributed by atoms with van der Waals surface area (Å²) in [6.45, 7) is 0. The molecule has 0 unspecified atom stereocenters. The zero-order chi connectivity index (χ0) is 14.7. The summed E-state index contributed by atoms with van der Waals surface area (Å²) in [7, 11) is 1.35. The molecule has 0 saturated carbocycles. The predicted molar refractivity (Wildman–Crippen MR) is 76.3 cm³/mol. The molecule has 1 aliphatic heterocycles. The number of hydrogen-bond acceptors (Lipinski definition) is 4. The standard InChI is InChI=1S/C17H16O4/c1-19-16(18)15-14(12-8-4-2-5-9-12)20-17(21-15)13-10-6-3-7-11-13/h2-11,14-15,17H,1H3/t14-,15-,17-/m1/s1. The highest BCUT2D eigenvalue weighted by Gasteiger charge is 2.43. The molecule has 2 aromatic rings. The van der Waals surface area contributed by atoms with Gasteiger partial charge in [-0.25, -0.2) is 4.79 Å². The van der Waals surface area contributed by atoms with Crippen molar-refractivity contribution in [2.75, 3.05) is 7.11 Å². The fourth-order valence-corrected chi connectivity index (χ4v) is 2.40. The molecule has 3 rings (SSSR count). The smallest absolute Gasteiger partial charge is 0.338 e. The summed E-state index contributed by atoms with van der Waals surface area (Å²) in [5.41, 5.74) is 1.77. The zero-order valence-corrected chi connectivity index (χ0v) is 11.6. The first-order valence-corrected chi connectivity index (χ1v) is 6.78. The minimum Gasteiger partial charge on any atom is -0.467 e. The summed E-state index contributed by atoms with van der Waals surface area (Å²) >= 11 is 0. The molecule has 1 fully saturated rings. The van der Waals surface area contributed by atoms with Gasteiger partial charge in [0.2, 0.25) is 0 Å². The molecule has 108 valence electrons. The summed E-state index contributed by atoms with van der Waals surface area (Å²) < 4.78 is 16.5. The van der Waals surface area contributed by atoms with Gasteiger partial charge in [0, 0.05) is 5.56 Å². The second-order valence-corrected chi connectivity index (χ2v) is 4.79. The highest BCUT2D eigenvalue weighted by atomic mass is 16.7. The van der Waals surface area contributed by atoms with Gasteiger partial charge in [0.15, 0.2) is 12.4 Å². The lowest BCUT2D eigenvalue weighted by atomic mass is 10.0. The van der Waals surface area contributed by atoms with Gasteiger partial charge in [0.25, 0.3) is 0 Å². The van der Waals surface area contributed by atoms with E-state index in [1.807, 2.05) is 60.7 Å². The van der Waals surface area contributed by atoms with Crippen molar-refractivity contribution in [3.05, 3.63) is 71.8 Å². The Labute approximate surface area is 123 Å². The van der Waals surface area contributed by atoms with Crippen molar-refractivity contribution >= 4 is 5.97 Å². The van der Waals surface area contributed by atoms with E-state index in [1.165, 1.54) is 7.11 Å². The van der Waals surface area contributed by atoms with Crippen molar-refractivity contribution in [3.8, 4) is 0 Å². The van der Waals surface area contributed by atoms with Crippen molar-refractivity contribution in [2.45, 2.75) is 18.5 Å². The summed E-state index contributed by atoms with van der Waals surface area (Å²) in [5.74, 6) is -0.428. The van der Waals surface area contributed by atoms with Gasteiger partial charge in [-0.15, -0.1) is 0 Å². The number of esters is 1. The summed E-state index contributed by atoms with van der Waals surface area (Å²) in [6.07, 6.45) is -1.80. The molecule has 0 N–H and O–H groups in total. The molecule has 1 heterocycles. The molecule has 2 aromatic carbocycles. The van der Waals surface area contributed by atoms with E-state index in [0.29, 0.717) is 0 Å². The molecule has 0 radical (unpaired) electrons. The maximum absolute atomic E-state index is 11.9. The Morgan fingerprint density at radius 3 is 2.05 bits per heavy atom. The number of carbonyl (C=O) groups excluding carboxylic acids is 1. The van der Waals surface area contributed by atoms with E-state index in [-0.39, 0.29) is 0 Å². The van der Waals surface area contributed by atoms with Crippen molar-refractivity contribution in [1.82, 2.24) is 0 Å². The minimum atomic E-state index is -0.761. The third-order valence-electron chi connectivity index (χ3n) is 3.45. The maximum Gasteiger partial charge on any atom is 0.338 e. The Kier molecular flexibility index (Phi) is 3.99. The fourth-order valence-electron chi connectivity index (χ4n) is 2.40. The van der Waals surface area contributed by atoms with Crippen LogP contribution < -0.4 is 0 Å². The Morgan fingerprint density at radius 2 is 1.48 bits per heavy atom. The Bertz CT molecular complexity index is 597. The number of rotatable bonds is 3. The van der Waals surface area contributed by atoms with Crippen molar-refractivity contribution in [2.24, 2.45) is 0 Å². The van der Waals surface area contributed by atoms with Crippen LogP contribution in [0.2, 0.25) is 0 Å². The SMILES string of the molecule is COC(=O)[C@@H]1O[C@H](c2ccccc2)O[C@@H]1c1ccccc1. The molecule has 4 nitrogen and oxygen atoms in total. The van der Waals surface area contributed by atoms with Gasteiger partial charge in [-0.2, -0.15) is 0 Å². The maximum atomic E-state index is 11.9. The first-order valence-electron chi connectivity index (χ1n) is 6.78. The van der Waals surface area contributed by atoms with Gasteiger partial charge in [-0.05, 0) is 5.56 Å². The van der Waals surface area contributed by atoms with Gasteiger partial charge in [0.05, 0.1) is 7.11 Å². The monoisotopic (exact) mass is 284 g/mol. The molecule has 0 spiro atoms. The third kappa shape index (κ3) is 2.82. The van der Waals surface area contributed by atoms with Gasteiger partial charge in [0.1, 0.15) is 6.10 Å². The molecule has 0 amide bonds. The van der Waals surface area contributed by atoms with Crippen LogP contribution in [-0.4, -0.2) is 19.2 Å². The summed E-state index contributed by atoms with van der Waals surface area (Å²) in [6, 6.07) is 19.1. The van der Waals surface area contributed by atoms with Crippen molar-refractivity contribution < 1.29 is 19.0 Å². The Balaban J connectivity index is 1.89. The number of carbonyl (C=O) groups is 1. The van der Waals surface area contributed by atoms with Crippen molar-refractivity contribution in [3.63, 3.8) is 0 Å². The predicted octanol–water partition coefficient (Wildman–Crippen LogP) is 3.01.